The molecular formula is C16H14ClN5O3S. The average molecular weight is 392 g/mol. The standard InChI is InChI=1S/C16H14ClN5O3S/c1-10-15(16(23)20(2)9-13-6-7-14(17)26-13)18-19-21(10)11-4-3-5-12(8-11)22(24)25/h3-8H,9H2,1-2H3. The van der Waals surface area contributed by atoms with Crippen LogP contribution in [0.4, 0.5) is 5.69 Å². The normalized spacial score (nSPS) is 10.7. The van der Waals surface area contributed by atoms with Gasteiger partial charge >= 0.3 is 0 Å². The Balaban J connectivity index is 1.85. The van der Waals surface area contributed by atoms with E-state index in [-0.39, 0.29) is 17.3 Å². The van der Waals surface area contributed by atoms with Gasteiger partial charge in [-0.2, -0.15) is 0 Å². The topological polar surface area (TPSA) is 94.2 Å². The molecule has 1 amide bonds. The molecule has 10 heteroatoms. The quantitative estimate of drug-likeness (QED) is 0.490. The van der Waals surface area contributed by atoms with Gasteiger partial charge in [-0.05, 0) is 25.1 Å². The predicted molar refractivity (Wildman–Crippen MR) is 97.9 cm³/mol. The van der Waals surface area contributed by atoms with Crippen LogP contribution in [0.25, 0.3) is 5.69 Å². The summed E-state index contributed by atoms with van der Waals surface area (Å²) in [6, 6.07) is 9.64. The van der Waals surface area contributed by atoms with Crippen LogP contribution in [0.1, 0.15) is 21.1 Å². The minimum atomic E-state index is -0.484. The van der Waals surface area contributed by atoms with E-state index >= 15 is 0 Å². The highest BCUT2D eigenvalue weighted by Gasteiger charge is 2.22. The summed E-state index contributed by atoms with van der Waals surface area (Å²) in [5.41, 5.74) is 1.11. The molecule has 0 radical (unpaired) electrons. The van der Waals surface area contributed by atoms with Gasteiger partial charge in [-0.1, -0.05) is 22.9 Å². The summed E-state index contributed by atoms with van der Waals surface area (Å²) in [6.07, 6.45) is 0. The van der Waals surface area contributed by atoms with Crippen molar-refractivity contribution in [1.29, 1.82) is 0 Å². The zero-order valence-corrected chi connectivity index (χ0v) is 15.5. The van der Waals surface area contributed by atoms with Crippen LogP contribution in [0.15, 0.2) is 36.4 Å². The first kappa shape index (κ1) is 18.0. The first-order valence-corrected chi connectivity index (χ1v) is 8.73. The second-order valence-corrected chi connectivity index (χ2v) is 7.38. The lowest BCUT2D eigenvalue weighted by Crippen LogP contribution is -2.26. The Morgan fingerprint density at radius 2 is 2.15 bits per heavy atom. The number of carbonyl (C=O) groups excluding carboxylic acids is 1. The Labute approximate surface area is 157 Å². The fourth-order valence-electron chi connectivity index (χ4n) is 2.43. The van der Waals surface area contributed by atoms with E-state index in [0.29, 0.717) is 22.3 Å². The van der Waals surface area contributed by atoms with Crippen LogP contribution in [0.2, 0.25) is 4.34 Å². The molecule has 0 saturated heterocycles. The van der Waals surface area contributed by atoms with E-state index < -0.39 is 4.92 Å². The van der Waals surface area contributed by atoms with E-state index in [1.165, 1.54) is 33.1 Å². The molecule has 0 fully saturated rings. The van der Waals surface area contributed by atoms with Crippen LogP contribution in [0.5, 0.6) is 0 Å². The minimum absolute atomic E-state index is 0.0584. The largest absolute Gasteiger partial charge is 0.335 e. The Kier molecular flexibility index (Phi) is 5.01. The second kappa shape index (κ2) is 7.22. The molecule has 26 heavy (non-hydrogen) atoms. The highest BCUT2D eigenvalue weighted by Crippen LogP contribution is 2.23. The monoisotopic (exact) mass is 391 g/mol. The number of amides is 1. The Hall–Kier alpha value is -2.78. The van der Waals surface area contributed by atoms with Gasteiger partial charge in [-0.15, -0.1) is 16.4 Å². The number of aromatic nitrogens is 3. The van der Waals surface area contributed by atoms with Crippen LogP contribution >= 0.6 is 22.9 Å². The van der Waals surface area contributed by atoms with E-state index in [4.69, 9.17) is 11.6 Å². The summed E-state index contributed by atoms with van der Waals surface area (Å²) in [5, 5.41) is 18.9. The summed E-state index contributed by atoms with van der Waals surface area (Å²) in [4.78, 5) is 25.6. The molecule has 0 bridgehead atoms. The molecule has 134 valence electrons. The van der Waals surface area contributed by atoms with Crippen LogP contribution in [0, 0.1) is 17.0 Å². The SMILES string of the molecule is Cc1c(C(=O)N(C)Cc2ccc(Cl)s2)nnn1-c1cccc([N+](=O)[O-])c1. The first-order chi connectivity index (χ1) is 12.4. The van der Waals surface area contributed by atoms with Gasteiger partial charge < -0.3 is 4.90 Å². The van der Waals surface area contributed by atoms with Gasteiger partial charge in [0, 0.05) is 24.1 Å². The molecular weight excluding hydrogens is 378 g/mol. The summed E-state index contributed by atoms with van der Waals surface area (Å²) in [6.45, 7) is 2.10. The number of non-ortho nitro benzene ring substituents is 1. The smallest absolute Gasteiger partial charge is 0.276 e. The van der Waals surface area contributed by atoms with E-state index in [1.807, 2.05) is 6.07 Å². The molecule has 1 aromatic carbocycles. The molecule has 0 spiro atoms. The Morgan fingerprint density at radius 1 is 1.38 bits per heavy atom. The number of hydrogen-bond donors (Lipinski definition) is 0. The number of benzene rings is 1. The van der Waals surface area contributed by atoms with Crippen molar-refractivity contribution in [3.05, 3.63) is 67.1 Å². The van der Waals surface area contributed by atoms with Crippen molar-refractivity contribution in [3.8, 4) is 5.69 Å². The van der Waals surface area contributed by atoms with Crippen molar-refractivity contribution < 1.29 is 9.72 Å². The van der Waals surface area contributed by atoms with E-state index in [0.717, 1.165) is 4.88 Å². The lowest BCUT2D eigenvalue weighted by Gasteiger charge is -2.15. The molecule has 2 heterocycles. The van der Waals surface area contributed by atoms with Crippen molar-refractivity contribution in [2.75, 3.05) is 7.05 Å². The molecule has 0 atom stereocenters. The number of halogens is 1. The summed E-state index contributed by atoms with van der Waals surface area (Å²) in [7, 11) is 1.67. The van der Waals surface area contributed by atoms with E-state index in [1.54, 1.807) is 32.2 Å². The second-order valence-electron chi connectivity index (χ2n) is 5.58. The number of rotatable bonds is 5. The molecule has 0 aliphatic heterocycles. The van der Waals surface area contributed by atoms with Gasteiger partial charge in [0.15, 0.2) is 5.69 Å². The van der Waals surface area contributed by atoms with Crippen LogP contribution < -0.4 is 0 Å². The lowest BCUT2D eigenvalue weighted by molar-refractivity contribution is -0.384. The zero-order valence-electron chi connectivity index (χ0n) is 13.9. The average Bonchev–Trinajstić information content (AvgIpc) is 3.19. The van der Waals surface area contributed by atoms with Gasteiger partial charge in [0.05, 0.1) is 27.2 Å². The first-order valence-electron chi connectivity index (χ1n) is 7.53. The van der Waals surface area contributed by atoms with Crippen LogP contribution in [-0.2, 0) is 6.54 Å². The van der Waals surface area contributed by atoms with Crippen molar-refractivity contribution >= 4 is 34.5 Å². The van der Waals surface area contributed by atoms with E-state index in [9.17, 15) is 14.9 Å². The predicted octanol–water partition coefficient (Wildman–Crippen LogP) is 3.47. The molecule has 0 saturated carbocycles. The third-order valence-corrected chi connectivity index (χ3v) is 4.97. The summed E-state index contributed by atoms with van der Waals surface area (Å²) in [5.74, 6) is -0.288. The number of nitro groups is 1. The fraction of sp³-hybridized carbons (Fsp3) is 0.188. The number of hydrogen-bond acceptors (Lipinski definition) is 6. The lowest BCUT2D eigenvalue weighted by atomic mass is 10.2. The summed E-state index contributed by atoms with van der Waals surface area (Å²) >= 11 is 7.32. The van der Waals surface area contributed by atoms with Gasteiger partial charge in [0.1, 0.15) is 0 Å². The van der Waals surface area contributed by atoms with Gasteiger partial charge in [0.25, 0.3) is 11.6 Å². The van der Waals surface area contributed by atoms with E-state index in [2.05, 4.69) is 10.3 Å². The highest BCUT2D eigenvalue weighted by molar-refractivity contribution is 7.16. The Morgan fingerprint density at radius 3 is 2.81 bits per heavy atom. The number of nitrogens with zero attached hydrogens (tertiary/aromatic N) is 5. The number of carbonyl (C=O) groups is 1. The van der Waals surface area contributed by atoms with Crippen LogP contribution in [-0.4, -0.2) is 37.8 Å². The van der Waals surface area contributed by atoms with Crippen molar-refractivity contribution in [2.45, 2.75) is 13.5 Å². The molecule has 0 aliphatic carbocycles. The minimum Gasteiger partial charge on any atom is -0.335 e. The summed E-state index contributed by atoms with van der Waals surface area (Å²) < 4.78 is 2.07. The molecule has 0 aliphatic rings. The maximum atomic E-state index is 12.7. The molecule has 8 nitrogen and oxygen atoms in total. The van der Waals surface area contributed by atoms with Crippen molar-refractivity contribution in [2.24, 2.45) is 0 Å². The number of nitro benzene ring substituents is 1. The molecule has 3 rings (SSSR count). The molecule has 2 aromatic heterocycles. The number of thiophene rings is 1. The zero-order chi connectivity index (χ0) is 18.8. The maximum Gasteiger partial charge on any atom is 0.276 e. The third-order valence-electron chi connectivity index (χ3n) is 3.75. The van der Waals surface area contributed by atoms with Crippen molar-refractivity contribution in [1.82, 2.24) is 19.9 Å². The highest BCUT2D eigenvalue weighted by atomic mass is 35.5. The van der Waals surface area contributed by atoms with Gasteiger partial charge in [-0.25, -0.2) is 4.68 Å². The van der Waals surface area contributed by atoms with Gasteiger partial charge in [0.2, 0.25) is 0 Å². The maximum absolute atomic E-state index is 12.7. The Bertz CT molecular complexity index is 984. The molecule has 0 unspecified atom stereocenters. The fourth-order valence-corrected chi connectivity index (χ4v) is 3.57. The molecule has 3 aromatic rings. The van der Waals surface area contributed by atoms with Crippen molar-refractivity contribution in [3.63, 3.8) is 0 Å². The molecule has 0 N–H and O–H groups in total. The van der Waals surface area contributed by atoms with Gasteiger partial charge in [-0.3, -0.25) is 14.9 Å². The van der Waals surface area contributed by atoms with Crippen LogP contribution in [0.3, 0.4) is 0 Å². The third kappa shape index (κ3) is 3.58.